The number of ether oxygens (including phenoxy) is 1. The van der Waals surface area contributed by atoms with Crippen LogP contribution in [0.3, 0.4) is 0 Å². The van der Waals surface area contributed by atoms with Gasteiger partial charge in [0.15, 0.2) is 0 Å². The molecule has 0 saturated carbocycles. The Morgan fingerprint density at radius 1 is 1.29 bits per heavy atom. The molecule has 130 valence electrons. The van der Waals surface area contributed by atoms with Gasteiger partial charge >= 0.3 is 0 Å². The lowest BCUT2D eigenvalue weighted by atomic mass is 10.1. The van der Waals surface area contributed by atoms with Crippen LogP contribution >= 0.6 is 24.0 Å². The molecule has 4 nitrogen and oxygen atoms in total. The number of halogens is 2. The number of benzene rings is 2. The molecule has 24 heavy (non-hydrogen) atoms. The molecule has 3 N–H and O–H groups in total. The molecule has 1 unspecified atom stereocenters. The molecule has 0 saturated heterocycles. The molecule has 0 aliphatic carbocycles. The number of nitrogens with one attached hydrogen (secondary N) is 1. The van der Waals surface area contributed by atoms with Gasteiger partial charge < -0.3 is 15.8 Å². The van der Waals surface area contributed by atoms with Gasteiger partial charge in [-0.25, -0.2) is 0 Å². The topological polar surface area (TPSA) is 64.3 Å². The molecule has 2 aromatic rings. The van der Waals surface area contributed by atoms with Crippen LogP contribution in [0.1, 0.15) is 24.5 Å². The zero-order valence-corrected chi connectivity index (χ0v) is 15.3. The second-order valence-electron chi connectivity index (χ2n) is 5.62. The van der Waals surface area contributed by atoms with Gasteiger partial charge in [0.25, 0.3) is 0 Å². The summed E-state index contributed by atoms with van der Waals surface area (Å²) in [7, 11) is 0. The number of anilines is 1. The molecule has 0 aromatic heterocycles. The van der Waals surface area contributed by atoms with Crippen molar-refractivity contribution in [2.45, 2.75) is 32.9 Å². The number of carbonyl (C=O) groups is 1. The smallest absolute Gasteiger partial charge is 0.225 e. The Morgan fingerprint density at radius 3 is 2.67 bits per heavy atom. The number of amides is 1. The van der Waals surface area contributed by atoms with Gasteiger partial charge in [-0.3, -0.25) is 4.79 Å². The van der Waals surface area contributed by atoms with Crippen LogP contribution in [-0.2, 0) is 11.4 Å². The van der Waals surface area contributed by atoms with E-state index in [1.807, 2.05) is 49.4 Å². The van der Waals surface area contributed by atoms with E-state index in [4.69, 9.17) is 22.1 Å². The third-order valence-corrected chi connectivity index (χ3v) is 3.51. The van der Waals surface area contributed by atoms with E-state index in [1.165, 1.54) is 0 Å². The summed E-state index contributed by atoms with van der Waals surface area (Å²) in [5, 5.41) is 3.55. The zero-order chi connectivity index (χ0) is 16.8. The number of nitrogens with two attached hydrogens (primary N) is 1. The van der Waals surface area contributed by atoms with Gasteiger partial charge in [-0.15, -0.1) is 12.4 Å². The summed E-state index contributed by atoms with van der Waals surface area (Å²) in [6.45, 7) is 4.17. The highest BCUT2D eigenvalue weighted by Gasteiger charge is 2.08. The number of aryl methyl sites for hydroxylation is 1. The minimum atomic E-state index is -0.157. The quantitative estimate of drug-likeness (QED) is 0.797. The number of rotatable bonds is 6. The fourth-order valence-corrected chi connectivity index (χ4v) is 2.37. The molecule has 0 fully saturated rings. The van der Waals surface area contributed by atoms with E-state index in [2.05, 4.69) is 5.32 Å². The van der Waals surface area contributed by atoms with Crippen molar-refractivity contribution < 1.29 is 9.53 Å². The molecule has 1 amide bonds. The van der Waals surface area contributed by atoms with Crippen molar-refractivity contribution in [3.8, 4) is 5.75 Å². The van der Waals surface area contributed by atoms with Gasteiger partial charge in [0.2, 0.25) is 5.91 Å². The molecule has 2 aromatic carbocycles. The summed E-state index contributed by atoms with van der Waals surface area (Å²) >= 11 is 5.95. The Balaban J connectivity index is 0.00000288. The minimum absolute atomic E-state index is 0. The van der Waals surface area contributed by atoms with Crippen molar-refractivity contribution >= 4 is 35.6 Å². The Bertz CT molecular complexity index is 690. The third-order valence-electron chi connectivity index (χ3n) is 3.27. The Kier molecular flexibility index (Phi) is 8.05. The second-order valence-corrected chi connectivity index (χ2v) is 6.06. The summed E-state index contributed by atoms with van der Waals surface area (Å²) in [5.41, 5.74) is 8.33. The standard InChI is InChI=1S/C18H21ClN2O2.ClH/c1-12-8-16(23-11-14-4-3-5-15(19)10-14)6-7-17(12)21-18(22)9-13(2)20;/h3-8,10,13H,9,11,20H2,1-2H3,(H,21,22);1H. The van der Waals surface area contributed by atoms with Crippen LogP contribution in [0.2, 0.25) is 5.02 Å². The molecular weight excluding hydrogens is 347 g/mol. The van der Waals surface area contributed by atoms with Crippen molar-refractivity contribution in [3.05, 3.63) is 58.6 Å². The zero-order valence-electron chi connectivity index (χ0n) is 13.7. The first kappa shape index (κ1) is 20.3. The van der Waals surface area contributed by atoms with Gasteiger partial charge in [0.05, 0.1) is 0 Å². The summed E-state index contributed by atoms with van der Waals surface area (Å²) in [4.78, 5) is 11.8. The van der Waals surface area contributed by atoms with E-state index in [0.717, 1.165) is 22.6 Å². The predicted octanol–water partition coefficient (Wildman–Crippen LogP) is 4.33. The molecule has 1 atom stereocenters. The SMILES string of the molecule is Cc1cc(OCc2cccc(Cl)c2)ccc1NC(=O)CC(C)N.Cl. The van der Waals surface area contributed by atoms with Crippen LogP contribution in [0.25, 0.3) is 0 Å². The summed E-state index contributed by atoms with van der Waals surface area (Å²) < 4.78 is 5.76. The lowest BCUT2D eigenvalue weighted by molar-refractivity contribution is -0.116. The maximum atomic E-state index is 11.8. The highest BCUT2D eigenvalue weighted by atomic mass is 35.5. The molecule has 0 bridgehead atoms. The first-order valence-corrected chi connectivity index (χ1v) is 7.85. The fourth-order valence-electron chi connectivity index (χ4n) is 2.15. The molecule has 0 spiro atoms. The predicted molar refractivity (Wildman–Crippen MR) is 101 cm³/mol. The van der Waals surface area contributed by atoms with Crippen LogP contribution in [0, 0.1) is 6.92 Å². The van der Waals surface area contributed by atoms with E-state index >= 15 is 0 Å². The Hall–Kier alpha value is -1.75. The lowest BCUT2D eigenvalue weighted by Crippen LogP contribution is -2.24. The summed E-state index contributed by atoms with van der Waals surface area (Å²) in [6, 6.07) is 13.0. The van der Waals surface area contributed by atoms with E-state index in [9.17, 15) is 4.79 Å². The Morgan fingerprint density at radius 2 is 2.04 bits per heavy atom. The largest absolute Gasteiger partial charge is 0.489 e. The van der Waals surface area contributed by atoms with Crippen LogP contribution in [-0.4, -0.2) is 11.9 Å². The normalized spacial score (nSPS) is 11.3. The maximum Gasteiger partial charge on any atom is 0.225 e. The third kappa shape index (κ3) is 6.40. The van der Waals surface area contributed by atoms with E-state index in [0.29, 0.717) is 18.1 Å². The van der Waals surface area contributed by atoms with Gasteiger partial charge in [0, 0.05) is 23.2 Å². The van der Waals surface area contributed by atoms with Crippen LogP contribution in [0.15, 0.2) is 42.5 Å². The van der Waals surface area contributed by atoms with Gasteiger partial charge in [-0.05, 0) is 55.3 Å². The molecule has 0 aliphatic rings. The van der Waals surface area contributed by atoms with Crippen LogP contribution in [0.5, 0.6) is 5.75 Å². The van der Waals surface area contributed by atoms with Crippen molar-refractivity contribution in [2.75, 3.05) is 5.32 Å². The first-order valence-electron chi connectivity index (χ1n) is 7.47. The number of hydrogen-bond donors (Lipinski definition) is 2. The second kappa shape index (κ2) is 9.52. The maximum absolute atomic E-state index is 11.8. The lowest BCUT2D eigenvalue weighted by Gasteiger charge is -2.12. The van der Waals surface area contributed by atoms with E-state index in [-0.39, 0.29) is 24.4 Å². The highest BCUT2D eigenvalue weighted by molar-refractivity contribution is 6.30. The average Bonchev–Trinajstić information content (AvgIpc) is 2.47. The summed E-state index contributed by atoms with van der Waals surface area (Å²) in [5.74, 6) is 0.656. The molecular formula is C18H22Cl2N2O2. The Labute approximate surface area is 153 Å². The molecule has 2 rings (SSSR count). The van der Waals surface area contributed by atoms with Gasteiger partial charge in [-0.2, -0.15) is 0 Å². The van der Waals surface area contributed by atoms with Crippen molar-refractivity contribution in [3.63, 3.8) is 0 Å². The minimum Gasteiger partial charge on any atom is -0.489 e. The molecule has 0 aliphatic heterocycles. The monoisotopic (exact) mass is 368 g/mol. The average molecular weight is 369 g/mol. The van der Waals surface area contributed by atoms with Crippen molar-refractivity contribution in [1.29, 1.82) is 0 Å². The number of carbonyl (C=O) groups excluding carboxylic acids is 1. The molecule has 0 heterocycles. The van der Waals surface area contributed by atoms with Gasteiger partial charge in [0.1, 0.15) is 12.4 Å². The molecule has 6 heteroatoms. The van der Waals surface area contributed by atoms with Crippen LogP contribution < -0.4 is 15.8 Å². The highest BCUT2D eigenvalue weighted by Crippen LogP contribution is 2.23. The van der Waals surface area contributed by atoms with E-state index < -0.39 is 0 Å². The fraction of sp³-hybridized carbons (Fsp3) is 0.278. The van der Waals surface area contributed by atoms with Gasteiger partial charge in [-0.1, -0.05) is 23.7 Å². The first-order chi connectivity index (χ1) is 10.9. The van der Waals surface area contributed by atoms with Crippen molar-refractivity contribution in [1.82, 2.24) is 0 Å². The number of hydrogen-bond acceptors (Lipinski definition) is 3. The summed E-state index contributed by atoms with van der Waals surface area (Å²) in [6.07, 6.45) is 0.298. The van der Waals surface area contributed by atoms with Crippen LogP contribution in [0.4, 0.5) is 5.69 Å². The molecule has 0 radical (unpaired) electrons. The van der Waals surface area contributed by atoms with E-state index in [1.54, 1.807) is 6.92 Å². The van der Waals surface area contributed by atoms with Crippen molar-refractivity contribution in [2.24, 2.45) is 5.73 Å².